The summed E-state index contributed by atoms with van der Waals surface area (Å²) >= 11 is 0. The van der Waals surface area contributed by atoms with Gasteiger partial charge in [-0.2, -0.15) is 0 Å². The van der Waals surface area contributed by atoms with E-state index in [-0.39, 0.29) is 0 Å². The summed E-state index contributed by atoms with van der Waals surface area (Å²) in [5, 5.41) is 0. The predicted octanol–water partition coefficient (Wildman–Crippen LogP) is 13.8. The zero-order valence-corrected chi connectivity index (χ0v) is 47.8. The van der Waals surface area contributed by atoms with Crippen molar-refractivity contribution in [2.45, 2.75) is 180 Å². The van der Waals surface area contributed by atoms with Crippen molar-refractivity contribution in [2.24, 2.45) is 11.5 Å². The van der Waals surface area contributed by atoms with Crippen LogP contribution in [0.25, 0.3) is 5.65 Å². The number of nitrogens with two attached hydrogens (primary N) is 2. The van der Waals surface area contributed by atoms with Gasteiger partial charge in [0.15, 0.2) is 0 Å². The number of nitrogens with zero attached hydrogens (tertiary/aromatic N) is 8. The highest BCUT2D eigenvalue weighted by molar-refractivity contribution is 5.39. The smallest absolute Gasteiger partial charge is 0.136 e. The molecule has 1 aliphatic heterocycles. The number of unbranched alkanes of at least 4 members (excludes halogenated alkanes) is 3. The molecule has 0 spiro atoms. The quantitative estimate of drug-likeness (QED) is 0.0887. The van der Waals surface area contributed by atoms with Crippen LogP contribution in [0.4, 0.5) is 0 Å². The van der Waals surface area contributed by atoms with Crippen molar-refractivity contribution in [2.75, 3.05) is 73.5 Å². The molecule has 5 aromatic rings. The summed E-state index contributed by atoms with van der Waals surface area (Å²) in [7, 11) is 6.38. The molecule has 0 amide bonds. The summed E-state index contributed by atoms with van der Waals surface area (Å²) in [5.74, 6) is 0. The van der Waals surface area contributed by atoms with Gasteiger partial charge in [-0.3, -0.25) is 4.98 Å². The van der Waals surface area contributed by atoms with Crippen LogP contribution in [-0.4, -0.2) is 112 Å². The van der Waals surface area contributed by atoms with Gasteiger partial charge in [-0.15, -0.1) is 0 Å². The Kier molecular flexibility index (Phi) is 60.6. The van der Waals surface area contributed by atoms with Gasteiger partial charge in [-0.05, 0) is 180 Å². The van der Waals surface area contributed by atoms with Crippen molar-refractivity contribution in [3.63, 3.8) is 0 Å². The van der Waals surface area contributed by atoms with E-state index in [1.54, 1.807) is 18.7 Å². The van der Waals surface area contributed by atoms with Crippen LogP contribution in [0.1, 0.15) is 171 Å². The number of imidazole rings is 2. The normalized spacial score (nSPS) is 10.9. The van der Waals surface area contributed by atoms with Crippen molar-refractivity contribution in [1.29, 1.82) is 0 Å². The minimum absolute atomic E-state index is 0.819. The van der Waals surface area contributed by atoms with Crippen LogP contribution >= 0.6 is 0 Å². The second kappa shape index (κ2) is 58.4. The van der Waals surface area contributed by atoms with Crippen LogP contribution in [0.3, 0.4) is 0 Å². The molecule has 398 valence electrons. The molecule has 0 unspecified atom stereocenters. The maximum absolute atomic E-state index is 5.14. The van der Waals surface area contributed by atoms with Gasteiger partial charge in [0.05, 0.1) is 6.33 Å². The van der Waals surface area contributed by atoms with Crippen molar-refractivity contribution in [3.05, 3.63) is 121 Å². The van der Waals surface area contributed by atoms with Crippen LogP contribution in [-0.2, 0) is 25.8 Å². The molecule has 0 aliphatic carbocycles. The highest BCUT2D eigenvalue weighted by atomic mass is 15.1. The fraction of sp³-hybridized carbons (Fsp3) is 0.644. The van der Waals surface area contributed by atoms with E-state index in [4.69, 9.17) is 11.5 Å². The highest BCUT2D eigenvalue weighted by Crippen LogP contribution is 2.07. The fourth-order valence-electron chi connectivity index (χ4n) is 6.14. The zero-order valence-electron chi connectivity index (χ0n) is 47.8. The monoisotopic (exact) mass is 961 g/mol. The number of pyridine rings is 2. The third-order valence-electron chi connectivity index (χ3n) is 10.2. The number of hydrogen-bond donors (Lipinski definition) is 2. The van der Waals surface area contributed by atoms with E-state index in [1.165, 1.54) is 120 Å². The summed E-state index contributed by atoms with van der Waals surface area (Å²) in [4.78, 5) is 19.2. The summed E-state index contributed by atoms with van der Waals surface area (Å²) in [6.07, 6.45) is 30.7. The van der Waals surface area contributed by atoms with Gasteiger partial charge in [0.25, 0.3) is 0 Å². The van der Waals surface area contributed by atoms with E-state index < -0.39 is 0 Å². The topological polar surface area (TPSA) is 110 Å². The molecule has 5 heterocycles. The third-order valence-corrected chi connectivity index (χ3v) is 10.2. The lowest BCUT2D eigenvalue weighted by Crippen LogP contribution is -2.20. The molecule has 0 saturated carbocycles. The van der Waals surface area contributed by atoms with Gasteiger partial charge >= 0.3 is 0 Å². The molecular formula is C59H112N10. The Morgan fingerprint density at radius 3 is 1.54 bits per heavy atom. The predicted molar refractivity (Wildman–Crippen MR) is 309 cm³/mol. The molecule has 69 heavy (non-hydrogen) atoms. The number of hydrogen-bond acceptors (Lipinski definition) is 8. The molecule has 10 heteroatoms. The molecule has 0 atom stereocenters. The van der Waals surface area contributed by atoms with E-state index in [0.29, 0.717) is 0 Å². The fourth-order valence-corrected chi connectivity index (χ4v) is 6.14. The van der Waals surface area contributed by atoms with Gasteiger partial charge < -0.3 is 35.1 Å². The summed E-state index contributed by atoms with van der Waals surface area (Å²) in [5.41, 5.74) is 15.2. The summed E-state index contributed by atoms with van der Waals surface area (Å²) in [6, 6.07) is 20.5. The zero-order chi connectivity index (χ0) is 52.6. The maximum Gasteiger partial charge on any atom is 0.136 e. The molecular weight excluding hydrogens is 849 g/mol. The lowest BCUT2D eigenvalue weighted by Gasteiger charge is -2.14. The van der Waals surface area contributed by atoms with Crippen LogP contribution in [0.2, 0.25) is 0 Å². The Morgan fingerprint density at radius 2 is 1.16 bits per heavy atom. The third kappa shape index (κ3) is 48.9. The maximum atomic E-state index is 5.14. The SMILES string of the molecule is CC.CCCCCN(C)CCC.CCCCN.CCCN.CCCN(C)C.CCCN1CCCC1.CCc1ccccc1.CCc1cccnc1.CCc1cnc2ccccn12.CCn1ccnc1. The minimum Gasteiger partial charge on any atom is -0.338 e. The molecule has 1 saturated heterocycles. The largest absolute Gasteiger partial charge is 0.338 e. The summed E-state index contributed by atoms with van der Waals surface area (Å²) < 4.78 is 4.12. The molecule has 1 aliphatic rings. The Balaban J connectivity index is -0.000000347. The van der Waals surface area contributed by atoms with Gasteiger partial charge in [-0.25, -0.2) is 9.97 Å². The number of likely N-dealkylation sites (tertiary alicyclic amines) is 1. The van der Waals surface area contributed by atoms with Crippen molar-refractivity contribution >= 4 is 5.65 Å². The number of benzene rings is 1. The number of aromatic nitrogens is 5. The first-order chi connectivity index (χ1) is 33.5. The lowest BCUT2D eigenvalue weighted by molar-refractivity contribution is 0.326. The van der Waals surface area contributed by atoms with Crippen molar-refractivity contribution < 1.29 is 0 Å². The minimum atomic E-state index is 0.819. The van der Waals surface area contributed by atoms with Crippen LogP contribution in [0.15, 0.2) is 104 Å². The Bertz CT molecular complexity index is 1560. The van der Waals surface area contributed by atoms with E-state index in [1.807, 2.05) is 73.5 Å². The average Bonchev–Trinajstić information content (AvgIpc) is 4.21. The molecule has 4 N–H and O–H groups in total. The van der Waals surface area contributed by atoms with Gasteiger partial charge in [0, 0.05) is 49.4 Å². The van der Waals surface area contributed by atoms with E-state index >= 15 is 0 Å². The molecule has 10 nitrogen and oxygen atoms in total. The van der Waals surface area contributed by atoms with E-state index in [2.05, 4.69) is 155 Å². The second-order valence-electron chi connectivity index (χ2n) is 16.8. The average molecular weight is 962 g/mol. The van der Waals surface area contributed by atoms with Crippen molar-refractivity contribution in [3.8, 4) is 0 Å². The molecule has 0 bridgehead atoms. The van der Waals surface area contributed by atoms with Crippen molar-refractivity contribution in [1.82, 2.24) is 38.6 Å². The highest BCUT2D eigenvalue weighted by Gasteiger charge is 2.08. The molecule has 0 radical (unpaired) electrons. The first-order valence-electron chi connectivity index (χ1n) is 27.3. The summed E-state index contributed by atoms with van der Waals surface area (Å²) in [6.45, 7) is 36.1. The molecule has 1 fully saturated rings. The Morgan fingerprint density at radius 1 is 0.551 bits per heavy atom. The van der Waals surface area contributed by atoms with Crippen LogP contribution in [0, 0.1) is 0 Å². The van der Waals surface area contributed by atoms with Gasteiger partial charge in [-0.1, -0.05) is 138 Å². The Labute approximate surface area is 428 Å². The second-order valence-corrected chi connectivity index (χ2v) is 16.8. The first-order valence-corrected chi connectivity index (χ1v) is 27.3. The number of rotatable bonds is 17. The lowest BCUT2D eigenvalue weighted by atomic mass is 10.2. The van der Waals surface area contributed by atoms with Gasteiger partial charge in [0.2, 0.25) is 0 Å². The molecule has 1 aromatic carbocycles. The van der Waals surface area contributed by atoms with Gasteiger partial charge in [0.1, 0.15) is 5.65 Å². The standard InChI is InChI=1S/C9H10N2.C9H21N.C8H10.C7H9N.C7H15N.C5H8N2.C5H13N.C4H11N.C3H9N.C2H6/c1-2-8-7-10-9-5-3-4-6-11(8)9;1-4-6-7-9-10(3)8-5-2;1-2-8-6-4-3-5-7-8;1-2-7-4-3-5-8-6-7;1-2-5-8-6-3-4-7-8;1-2-7-4-3-6-5-7;1-4-5-6(2)3;1-2-3-4-5;1-2-3-4;1-2/h3-7H,2H2,1H3;4-9H2,1-3H3;3-7H,2H2,1H3;3-6H,2H2,1H3;2-7H2,1H3;3-5H,2H2,1H3;4-5H2,1-3H3;2-5H2,1H3;2-4H2,1H3;1-2H3. The molecule has 6 rings (SSSR count). The Hall–Kier alpha value is -3.93. The number of fused-ring (bicyclic) bond motifs is 1. The van der Waals surface area contributed by atoms with Crippen LogP contribution in [0.5, 0.6) is 0 Å². The van der Waals surface area contributed by atoms with Crippen LogP contribution < -0.4 is 11.5 Å². The van der Waals surface area contributed by atoms with E-state index in [9.17, 15) is 0 Å². The first kappa shape index (κ1) is 71.6. The number of aryl methyl sites for hydroxylation is 4. The van der Waals surface area contributed by atoms with E-state index in [0.717, 1.165) is 51.0 Å². The molecule has 4 aromatic heterocycles.